The number of thioether (sulfide) groups is 2. The number of aromatic nitrogens is 2. The average Bonchev–Trinajstić information content (AvgIpc) is 3.00. The number of nitrogens with zero attached hydrogens (tertiary/aromatic N) is 2. The Balaban J connectivity index is 1.80. The summed E-state index contributed by atoms with van der Waals surface area (Å²) < 4.78 is 2.70. The Kier molecular flexibility index (Phi) is 3.44. The summed E-state index contributed by atoms with van der Waals surface area (Å²) in [6, 6.07) is 0. The van der Waals surface area contributed by atoms with E-state index in [2.05, 4.69) is 46.2 Å². The van der Waals surface area contributed by atoms with Crippen LogP contribution in [0.5, 0.6) is 0 Å². The molecule has 0 amide bonds. The van der Waals surface area contributed by atoms with Crippen LogP contribution in [0.2, 0.25) is 0 Å². The largest absolute Gasteiger partial charge is 0.335 e. The van der Waals surface area contributed by atoms with Gasteiger partial charge in [-0.15, -0.1) is 23.5 Å². The maximum Gasteiger partial charge on any atom is 0.0946 e. The fourth-order valence-electron chi connectivity index (χ4n) is 3.09. The fourth-order valence-corrected chi connectivity index (χ4v) is 7.10. The van der Waals surface area contributed by atoms with E-state index in [1.165, 1.54) is 31.4 Å². The maximum atomic E-state index is 4.19. The van der Waals surface area contributed by atoms with Gasteiger partial charge < -0.3 is 4.57 Å². The van der Waals surface area contributed by atoms with Crippen LogP contribution in [0.15, 0.2) is 18.7 Å². The summed E-state index contributed by atoms with van der Waals surface area (Å²) in [6.45, 7) is 3.51. The van der Waals surface area contributed by atoms with Gasteiger partial charge in [-0.25, -0.2) is 4.98 Å². The minimum Gasteiger partial charge on any atom is -0.335 e. The standard InChI is InChI=1S/C13H20N2S2/c1-11-8-16-13(17-11,12-4-2-3-5-12)9-15-7-6-14-10-15/h6-7,10-12H,2-5,8-9H2,1H3. The zero-order valence-electron chi connectivity index (χ0n) is 10.3. The summed E-state index contributed by atoms with van der Waals surface area (Å²) in [5.74, 6) is 2.22. The minimum absolute atomic E-state index is 0.427. The van der Waals surface area contributed by atoms with E-state index in [4.69, 9.17) is 0 Å². The molecule has 0 spiro atoms. The van der Waals surface area contributed by atoms with Crippen molar-refractivity contribution in [2.24, 2.45) is 5.92 Å². The highest BCUT2D eigenvalue weighted by molar-refractivity contribution is 8.21. The van der Waals surface area contributed by atoms with E-state index in [0.29, 0.717) is 4.08 Å². The Hall–Kier alpha value is -0.0900. The van der Waals surface area contributed by atoms with Crippen LogP contribution in [-0.2, 0) is 6.54 Å². The molecule has 2 heterocycles. The molecule has 2 nitrogen and oxygen atoms in total. The van der Waals surface area contributed by atoms with Gasteiger partial charge in [0.1, 0.15) is 0 Å². The van der Waals surface area contributed by atoms with E-state index in [1.54, 1.807) is 0 Å². The van der Waals surface area contributed by atoms with Gasteiger partial charge in [-0.3, -0.25) is 0 Å². The summed E-state index contributed by atoms with van der Waals surface area (Å²) >= 11 is 4.43. The van der Waals surface area contributed by atoms with Gasteiger partial charge in [0.05, 0.1) is 10.4 Å². The molecule has 1 aromatic heterocycles. The van der Waals surface area contributed by atoms with Gasteiger partial charge in [0.2, 0.25) is 0 Å². The predicted molar refractivity (Wildman–Crippen MR) is 76.4 cm³/mol. The molecule has 2 atom stereocenters. The quantitative estimate of drug-likeness (QED) is 0.833. The highest BCUT2D eigenvalue weighted by Gasteiger charge is 2.46. The van der Waals surface area contributed by atoms with Crippen LogP contribution in [0.1, 0.15) is 32.6 Å². The lowest BCUT2D eigenvalue weighted by Gasteiger charge is -2.34. The molecule has 1 saturated heterocycles. The highest BCUT2D eigenvalue weighted by Crippen LogP contribution is 2.57. The Morgan fingerprint density at radius 1 is 1.41 bits per heavy atom. The first-order chi connectivity index (χ1) is 8.28. The van der Waals surface area contributed by atoms with Gasteiger partial charge in [-0.05, 0) is 18.8 Å². The first kappa shape index (κ1) is 12.0. The van der Waals surface area contributed by atoms with E-state index >= 15 is 0 Å². The van der Waals surface area contributed by atoms with Crippen molar-refractivity contribution in [2.75, 3.05) is 5.75 Å². The Morgan fingerprint density at radius 2 is 2.24 bits per heavy atom. The summed E-state index contributed by atoms with van der Waals surface area (Å²) in [6.07, 6.45) is 11.7. The summed E-state index contributed by atoms with van der Waals surface area (Å²) in [7, 11) is 0. The van der Waals surface area contributed by atoms with Gasteiger partial charge in [-0.2, -0.15) is 0 Å². The van der Waals surface area contributed by atoms with E-state index in [1.807, 2.05) is 12.5 Å². The third kappa shape index (κ3) is 2.39. The van der Waals surface area contributed by atoms with Crippen LogP contribution in [0, 0.1) is 5.92 Å². The SMILES string of the molecule is CC1CSC(Cn2ccnc2)(C2CCCC2)S1. The number of hydrogen-bond donors (Lipinski definition) is 0. The second-order valence-electron chi connectivity index (χ2n) is 5.27. The molecule has 2 unspecified atom stereocenters. The summed E-state index contributed by atoms with van der Waals surface area (Å²) in [5.41, 5.74) is 0. The van der Waals surface area contributed by atoms with Gasteiger partial charge in [0.25, 0.3) is 0 Å². The van der Waals surface area contributed by atoms with Gasteiger partial charge in [-0.1, -0.05) is 19.8 Å². The third-order valence-electron chi connectivity index (χ3n) is 3.90. The van der Waals surface area contributed by atoms with Crippen LogP contribution in [0.4, 0.5) is 0 Å². The first-order valence-electron chi connectivity index (χ1n) is 6.56. The predicted octanol–water partition coefficient (Wildman–Crippen LogP) is 3.64. The van der Waals surface area contributed by atoms with Gasteiger partial charge >= 0.3 is 0 Å². The molecule has 17 heavy (non-hydrogen) atoms. The lowest BCUT2D eigenvalue weighted by Crippen LogP contribution is -2.32. The van der Waals surface area contributed by atoms with E-state index in [9.17, 15) is 0 Å². The van der Waals surface area contributed by atoms with Gasteiger partial charge in [0.15, 0.2) is 0 Å². The van der Waals surface area contributed by atoms with Crippen LogP contribution < -0.4 is 0 Å². The summed E-state index contributed by atoms with van der Waals surface area (Å²) in [4.78, 5) is 4.19. The molecule has 0 aromatic carbocycles. The molecule has 0 radical (unpaired) electrons. The molecule has 3 rings (SSSR count). The smallest absolute Gasteiger partial charge is 0.0946 e. The molecule has 2 fully saturated rings. The molecule has 1 aliphatic carbocycles. The number of hydrogen-bond acceptors (Lipinski definition) is 3. The van der Waals surface area contributed by atoms with Crippen molar-refractivity contribution in [1.82, 2.24) is 9.55 Å². The van der Waals surface area contributed by atoms with Crippen LogP contribution in [0.3, 0.4) is 0 Å². The normalized spacial score (nSPS) is 34.5. The van der Waals surface area contributed by atoms with E-state index in [-0.39, 0.29) is 0 Å². The second-order valence-corrected chi connectivity index (χ2v) is 8.65. The second kappa shape index (κ2) is 4.88. The fraction of sp³-hybridized carbons (Fsp3) is 0.769. The van der Waals surface area contributed by atoms with Crippen molar-refractivity contribution >= 4 is 23.5 Å². The highest BCUT2D eigenvalue weighted by atomic mass is 32.2. The Labute approximate surface area is 112 Å². The topological polar surface area (TPSA) is 17.8 Å². The lowest BCUT2D eigenvalue weighted by atomic mass is 10.0. The molecule has 2 aliphatic rings. The van der Waals surface area contributed by atoms with Crippen molar-refractivity contribution in [3.63, 3.8) is 0 Å². The molecule has 0 bridgehead atoms. The first-order valence-corrected chi connectivity index (χ1v) is 8.42. The van der Waals surface area contributed by atoms with Crippen LogP contribution in [0.25, 0.3) is 0 Å². The molecule has 1 saturated carbocycles. The van der Waals surface area contributed by atoms with Crippen molar-refractivity contribution in [1.29, 1.82) is 0 Å². The molecule has 1 aromatic rings. The molecule has 0 N–H and O–H groups in total. The lowest BCUT2D eigenvalue weighted by molar-refractivity contribution is 0.444. The zero-order chi connectivity index (χ0) is 11.7. The molecular weight excluding hydrogens is 248 g/mol. The minimum atomic E-state index is 0.427. The molecule has 4 heteroatoms. The van der Waals surface area contributed by atoms with Crippen LogP contribution >= 0.6 is 23.5 Å². The molecular formula is C13H20N2S2. The number of rotatable bonds is 3. The van der Waals surface area contributed by atoms with Crippen molar-refractivity contribution in [3.8, 4) is 0 Å². The Morgan fingerprint density at radius 3 is 2.82 bits per heavy atom. The van der Waals surface area contributed by atoms with Crippen molar-refractivity contribution < 1.29 is 0 Å². The van der Waals surface area contributed by atoms with E-state index in [0.717, 1.165) is 17.7 Å². The molecule has 1 aliphatic heterocycles. The molecule has 94 valence electrons. The van der Waals surface area contributed by atoms with Gasteiger partial charge in [0, 0.05) is 29.9 Å². The van der Waals surface area contributed by atoms with Crippen molar-refractivity contribution in [3.05, 3.63) is 18.7 Å². The average molecular weight is 268 g/mol. The third-order valence-corrected chi connectivity index (χ3v) is 7.80. The number of imidazole rings is 1. The zero-order valence-corrected chi connectivity index (χ0v) is 12.0. The summed E-state index contributed by atoms with van der Waals surface area (Å²) in [5, 5.41) is 0.809. The van der Waals surface area contributed by atoms with E-state index < -0.39 is 0 Å². The maximum absolute atomic E-state index is 4.19. The van der Waals surface area contributed by atoms with Crippen LogP contribution in [-0.4, -0.2) is 24.6 Å². The monoisotopic (exact) mass is 268 g/mol. The Bertz CT molecular complexity index is 360. The van der Waals surface area contributed by atoms with Crippen molar-refractivity contribution in [2.45, 2.75) is 48.5 Å².